The van der Waals surface area contributed by atoms with Crippen molar-refractivity contribution < 1.29 is 9.53 Å². The number of nitrogens with two attached hydrogens (primary N) is 1. The Morgan fingerprint density at radius 1 is 1.74 bits per heavy atom. The fraction of sp³-hybridized carbons (Fsp3) is 0.500. The largest absolute Gasteiger partial charge is 0.396 e. The second kappa shape index (κ2) is 6.08. The van der Waals surface area contributed by atoms with Gasteiger partial charge in [0.1, 0.15) is 6.04 Å². The van der Waals surface area contributed by atoms with E-state index in [0.717, 1.165) is 0 Å². The second-order valence-corrected chi connectivity index (χ2v) is 4.68. The number of morpholine rings is 1. The molecule has 7 heteroatoms. The van der Waals surface area contributed by atoms with Gasteiger partial charge < -0.3 is 20.7 Å². The van der Waals surface area contributed by atoms with E-state index in [1.807, 2.05) is 11.8 Å². The predicted octanol–water partition coefficient (Wildman–Crippen LogP) is 0.658. The van der Waals surface area contributed by atoms with Crippen molar-refractivity contribution in [3.8, 4) is 0 Å². The van der Waals surface area contributed by atoms with E-state index >= 15 is 0 Å². The van der Waals surface area contributed by atoms with E-state index in [4.69, 9.17) is 22.1 Å². The molecule has 1 aliphatic rings. The van der Waals surface area contributed by atoms with Crippen LogP contribution in [0.4, 0.5) is 11.5 Å². The van der Waals surface area contributed by atoms with Crippen LogP contribution in [0.1, 0.15) is 6.92 Å². The number of anilines is 2. The maximum absolute atomic E-state index is 12.0. The Morgan fingerprint density at radius 3 is 3.21 bits per heavy atom. The van der Waals surface area contributed by atoms with Gasteiger partial charge in [0.2, 0.25) is 5.91 Å². The molecule has 2 heterocycles. The number of likely N-dealkylation sites (N-methyl/N-ethyl adjacent to an activating group) is 1. The van der Waals surface area contributed by atoms with E-state index in [-0.39, 0.29) is 5.91 Å². The molecule has 6 nitrogen and oxygen atoms in total. The molecular formula is C12H17ClN4O2. The van der Waals surface area contributed by atoms with Gasteiger partial charge in [0.05, 0.1) is 23.9 Å². The number of rotatable bonds is 3. The molecule has 1 saturated heterocycles. The van der Waals surface area contributed by atoms with E-state index in [1.54, 1.807) is 6.07 Å². The smallest absolute Gasteiger partial charge is 0.245 e. The van der Waals surface area contributed by atoms with E-state index in [1.165, 1.54) is 6.20 Å². The molecule has 1 amide bonds. The van der Waals surface area contributed by atoms with Gasteiger partial charge in [0, 0.05) is 19.3 Å². The number of ether oxygens (including phenoxy) is 1. The van der Waals surface area contributed by atoms with E-state index in [2.05, 4.69) is 10.3 Å². The van der Waals surface area contributed by atoms with E-state index in [9.17, 15) is 4.79 Å². The van der Waals surface area contributed by atoms with Crippen molar-refractivity contribution in [3.63, 3.8) is 0 Å². The number of halogens is 1. The molecule has 1 unspecified atom stereocenters. The first-order valence-electron chi connectivity index (χ1n) is 6.16. The Bertz CT molecular complexity index is 469. The zero-order chi connectivity index (χ0) is 13.8. The van der Waals surface area contributed by atoms with Crippen molar-refractivity contribution >= 4 is 29.0 Å². The number of carbonyl (C=O) groups is 1. The van der Waals surface area contributed by atoms with Gasteiger partial charge in [0.25, 0.3) is 0 Å². The van der Waals surface area contributed by atoms with Crippen molar-refractivity contribution in [1.82, 2.24) is 10.3 Å². The number of nitrogens with zero attached hydrogens (tertiary/aromatic N) is 2. The quantitative estimate of drug-likeness (QED) is 0.852. The van der Waals surface area contributed by atoms with E-state index in [0.29, 0.717) is 42.8 Å². The maximum Gasteiger partial charge on any atom is 0.245 e. The molecule has 0 saturated carbocycles. The number of aromatic nitrogens is 1. The molecule has 0 spiro atoms. The minimum absolute atomic E-state index is 0.0849. The van der Waals surface area contributed by atoms with Crippen LogP contribution in [-0.2, 0) is 9.53 Å². The minimum Gasteiger partial charge on any atom is -0.396 e. The lowest BCUT2D eigenvalue weighted by Gasteiger charge is -2.35. The highest BCUT2D eigenvalue weighted by Crippen LogP contribution is 2.26. The third kappa shape index (κ3) is 3.08. The zero-order valence-corrected chi connectivity index (χ0v) is 11.5. The maximum atomic E-state index is 12.0. The van der Waals surface area contributed by atoms with Gasteiger partial charge in [-0.1, -0.05) is 11.6 Å². The van der Waals surface area contributed by atoms with Crippen LogP contribution in [0.25, 0.3) is 0 Å². The van der Waals surface area contributed by atoms with Crippen LogP contribution in [0, 0.1) is 0 Å². The van der Waals surface area contributed by atoms with Gasteiger partial charge >= 0.3 is 0 Å². The summed E-state index contributed by atoms with van der Waals surface area (Å²) in [6, 6.07) is 1.22. The molecule has 19 heavy (non-hydrogen) atoms. The fourth-order valence-electron chi connectivity index (χ4n) is 2.05. The average molecular weight is 285 g/mol. The summed E-state index contributed by atoms with van der Waals surface area (Å²) in [5.41, 5.74) is 6.39. The first-order chi connectivity index (χ1) is 9.13. The van der Waals surface area contributed by atoms with Gasteiger partial charge in [-0.2, -0.15) is 0 Å². The lowest BCUT2D eigenvalue weighted by atomic mass is 10.2. The molecule has 1 aromatic rings. The summed E-state index contributed by atoms with van der Waals surface area (Å²) in [5.74, 6) is 0.488. The molecule has 1 aromatic heterocycles. The Balaban J connectivity index is 2.26. The summed E-state index contributed by atoms with van der Waals surface area (Å²) in [4.78, 5) is 18.1. The third-order valence-corrected chi connectivity index (χ3v) is 3.12. The Hall–Kier alpha value is -1.53. The summed E-state index contributed by atoms with van der Waals surface area (Å²) >= 11 is 5.84. The summed E-state index contributed by atoms with van der Waals surface area (Å²) in [5, 5.41) is 3.27. The van der Waals surface area contributed by atoms with Crippen LogP contribution in [0.2, 0.25) is 5.02 Å². The second-order valence-electron chi connectivity index (χ2n) is 4.25. The molecule has 1 aliphatic heterocycles. The first kappa shape index (κ1) is 13.9. The summed E-state index contributed by atoms with van der Waals surface area (Å²) in [6.45, 7) is 3.89. The lowest BCUT2D eigenvalue weighted by molar-refractivity contribution is -0.124. The summed E-state index contributed by atoms with van der Waals surface area (Å²) in [6.07, 6.45) is 1.53. The zero-order valence-electron chi connectivity index (χ0n) is 10.7. The molecule has 1 fully saturated rings. The van der Waals surface area contributed by atoms with Crippen LogP contribution in [-0.4, -0.2) is 43.2 Å². The first-order valence-corrected chi connectivity index (χ1v) is 6.54. The number of nitrogen functional groups attached to an aromatic ring is 1. The highest BCUT2D eigenvalue weighted by Gasteiger charge is 2.31. The van der Waals surface area contributed by atoms with Crippen LogP contribution < -0.4 is 16.0 Å². The van der Waals surface area contributed by atoms with Crippen molar-refractivity contribution in [2.24, 2.45) is 0 Å². The number of hydrogen-bond donors (Lipinski definition) is 2. The lowest BCUT2D eigenvalue weighted by Crippen LogP contribution is -2.54. The van der Waals surface area contributed by atoms with Crippen molar-refractivity contribution in [3.05, 3.63) is 17.3 Å². The Kier molecular flexibility index (Phi) is 4.44. The van der Waals surface area contributed by atoms with Crippen molar-refractivity contribution in [1.29, 1.82) is 0 Å². The number of hydrogen-bond acceptors (Lipinski definition) is 5. The Labute approximate surface area is 116 Å². The SMILES string of the molecule is CCNC(=O)C1COCCN1c1ncc(Cl)cc1N. The summed E-state index contributed by atoms with van der Waals surface area (Å²) in [7, 11) is 0. The van der Waals surface area contributed by atoms with Gasteiger partial charge in [0.15, 0.2) is 5.82 Å². The molecule has 0 radical (unpaired) electrons. The molecule has 0 bridgehead atoms. The fourth-order valence-corrected chi connectivity index (χ4v) is 2.22. The predicted molar refractivity (Wildman–Crippen MR) is 74.3 cm³/mol. The van der Waals surface area contributed by atoms with Gasteiger partial charge in [-0.25, -0.2) is 4.98 Å². The molecule has 3 N–H and O–H groups in total. The van der Waals surface area contributed by atoms with Crippen LogP contribution in [0.3, 0.4) is 0 Å². The standard InChI is InChI=1S/C12H17ClN4O2/c1-2-15-12(18)10-7-19-4-3-17(10)11-9(14)5-8(13)6-16-11/h5-6,10H,2-4,7,14H2,1H3,(H,15,18). The average Bonchev–Trinajstić information content (AvgIpc) is 2.39. The molecule has 1 atom stereocenters. The van der Waals surface area contributed by atoms with Crippen LogP contribution in [0.15, 0.2) is 12.3 Å². The molecule has 2 rings (SSSR count). The van der Waals surface area contributed by atoms with Gasteiger partial charge in [-0.3, -0.25) is 4.79 Å². The molecule has 104 valence electrons. The third-order valence-electron chi connectivity index (χ3n) is 2.92. The van der Waals surface area contributed by atoms with Crippen LogP contribution in [0.5, 0.6) is 0 Å². The number of amides is 1. The monoisotopic (exact) mass is 284 g/mol. The van der Waals surface area contributed by atoms with Crippen molar-refractivity contribution in [2.45, 2.75) is 13.0 Å². The van der Waals surface area contributed by atoms with E-state index < -0.39 is 6.04 Å². The highest BCUT2D eigenvalue weighted by atomic mass is 35.5. The topological polar surface area (TPSA) is 80.5 Å². The van der Waals surface area contributed by atoms with Gasteiger partial charge in [-0.15, -0.1) is 0 Å². The molecule has 0 aliphatic carbocycles. The summed E-state index contributed by atoms with van der Waals surface area (Å²) < 4.78 is 5.37. The molecular weight excluding hydrogens is 268 g/mol. The number of pyridine rings is 1. The van der Waals surface area contributed by atoms with Crippen LogP contribution >= 0.6 is 11.6 Å². The minimum atomic E-state index is -0.412. The van der Waals surface area contributed by atoms with Gasteiger partial charge in [-0.05, 0) is 13.0 Å². The molecule has 0 aromatic carbocycles. The highest BCUT2D eigenvalue weighted by molar-refractivity contribution is 6.30. The Morgan fingerprint density at radius 2 is 2.53 bits per heavy atom. The number of carbonyl (C=O) groups excluding carboxylic acids is 1. The van der Waals surface area contributed by atoms with Crippen molar-refractivity contribution in [2.75, 3.05) is 36.9 Å². The normalized spacial score (nSPS) is 19.3. The number of nitrogens with one attached hydrogen (secondary N) is 1.